The number of halogens is 1. The molecule has 4 aromatic rings. The fourth-order valence-electron chi connectivity index (χ4n) is 5.58. The molecule has 2 heterocycles. The summed E-state index contributed by atoms with van der Waals surface area (Å²) >= 11 is 6.07. The Labute approximate surface area is 289 Å². The molecule has 3 amide bonds. The number of nitrogens with zero attached hydrogens (tertiary/aromatic N) is 3. The Morgan fingerprint density at radius 1 is 0.939 bits per heavy atom. The number of para-hydroxylation sites is 1. The maximum Gasteiger partial charge on any atom is 0.287 e. The molecule has 3 aromatic carbocycles. The molecule has 0 spiro atoms. The summed E-state index contributed by atoms with van der Waals surface area (Å²) < 4.78 is 29.6. The zero-order chi connectivity index (χ0) is 35.3. The van der Waals surface area contributed by atoms with Gasteiger partial charge in [0.1, 0.15) is 11.6 Å². The first-order chi connectivity index (χ1) is 23.3. The molecule has 0 aliphatic carbocycles. The normalized spacial score (nSPS) is 14.1. The molecule has 1 atom stereocenters. The van der Waals surface area contributed by atoms with E-state index in [-0.39, 0.29) is 39.9 Å². The molecular weight excluding hydrogens is 670 g/mol. The number of benzene rings is 3. The van der Waals surface area contributed by atoms with E-state index in [1.165, 1.54) is 18.2 Å². The van der Waals surface area contributed by atoms with Crippen molar-refractivity contribution in [3.05, 3.63) is 105 Å². The van der Waals surface area contributed by atoms with Gasteiger partial charge in [0.2, 0.25) is 5.91 Å². The molecule has 2 N–H and O–H groups in total. The zero-order valence-electron chi connectivity index (χ0n) is 27.4. The van der Waals surface area contributed by atoms with Crippen LogP contribution >= 0.6 is 11.6 Å². The van der Waals surface area contributed by atoms with Gasteiger partial charge in [-0.2, -0.15) is 0 Å². The summed E-state index contributed by atoms with van der Waals surface area (Å²) in [4.78, 5) is 59.0. The summed E-state index contributed by atoms with van der Waals surface area (Å²) in [5.74, 6) is -1.58. The average molecular weight is 708 g/mol. The standard InChI is InChI=1S/C35H38ClN5O7S/c1-39(2)15-14-37-33(43)26-6-4-5-7-29(26)40-16-18-41(19-17-40)35(45)28(20-23-8-10-24(36)11-9-23)38-34(44)32-22-30(42)27-21-25(49(3,46)47)12-13-31(27)48-32/h4-13,21-22,28H,14-20H2,1-3H3,(H,37,43)(H,38,44)/t28-/m1/s1. The number of amides is 3. The van der Waals surface area contributed by atoms with Crippen molar-refractivity contribution in [2.45, 2.75) is 17.4 Å². The lowest BCUT2D eigenvalue weighted by Crippen LogP contribution is -2.55. The van der Waals surface area contributed by atoms with Gasteiger partial charge in [-0.15, -0.1) is 0 Å². The van der Waals surface area contributed by atoms with Crippen LogP contribution in [0.4, 0.5) is 5.69 Å². The fraction of sp³-hybridized carbons (Fsp3) is 0.314. The van der Waals surface area contributed by atoms with Crippen molar-refractivity contribution in [2.24, 2.45) is 0 Å². The molecule has 5 rings (SSSR count). The van der Waals surface area contributed by atoms with E-state index in [0.29, 0.717) is 49.9 Å². The summed E-state index contributed by atoms with van der Waals surface area (Å²) in [6.45, 7) is 2.83. The number of hydrogen-bond acceptors (Lipinski definition) is 9. The molecule has 0 bridgehead atoms. The molecule has 0 saturated carbocycles. The molecule has 12 nitrogen and oxygen atoms in total. The number of hydrogen-bond donors (Lipinski definition) is 2. The van der Waals surface area contributed by atoms with Gasteiger partial charge in [-0.05, 0) is 62.1 Å². The monoisotopic (exact) mass is 707 g/mol. The van der Waals surface area contributed by atoms with Crippen LogP contribution in [0.5, 0.6) is 0 Å². The largest absolute Gasteiger partial charge is 0.451 e. The van der Waals surface area contributed by atoms with Crippen LogP contribution in [0.2, 0.25) is 5.02 Å². The number of sulfone groups is 1. The van der Waals surface area contributed by atoms with E-state index in [9.17, 15) is 27.6 Å². The Kier molecular flexibility index (Phi) is 11.1. The minimum absolute atomic E-state index is 0.0127. The minimum atomic E-state index is -3.57. The molecule has 1 aliphatic heterocycles. The van der Waals surface area contributed by atoms with Crippen molar-refractivity contribution in [3.63, 3.8) is 0 Å². The smallest absolute Gasteiger partial charge is 0.287 e. The highest BCUT2D eigenvalue weighted by atomic mass is 35.5. The third-order valence-electron chi connectivity index (χ3n) is 8.23. The van der Waals surface area contributed by atoms with Gasteiger partial charge in [-0.1, -0.05) is 35.9 Å². The van der Waals surface area contributed by atoms with Crippen LogP contribution in [-0.4, -0.2) is 102 Å². The van der Waals surface area contributed by atoms with Crippen LogP contribution in [0, 0.1) is 0 Å². The van der Waals surface area contributed by atoms with Crippen LogP contribution in [0.25, 0.3) is 11.0 Å². The summed E-state index contributed by atoms with van der Waals surface area (Å²) in [6.07, 6.45) is 1.18. The van der Waals surface area contributed by atoms with Crippen molar-refractivity contribution >= 4 is 55.8 Å². The Bertz CT molecular complexity index is 2020. The fourth-order valence-corrected chi connectivity index (χ4v) is 6.35. The minimum Gasteiger partial charge on any atom is -0.451 e. The van der Waals surface area contributed by atoms with Crippen molar-refractivity contribution in [1.29, 1.82) is 0 Å². The molecule has 0 radical (unpaired) electrons. The van der Waals surface area contributed by atoms with E-state index in [4.69, 9.17) is 16.0 Å². The number of fused-ring (bicyclic) bond motifs is 1. The van der Waals surface area contributed by atoms with Crippen LogP contribution < -0.4 is 21.0 Å². The summed E-state index contributed by atoms with van der Waals surface area (Å²) in [5.41, 5.74) is 1.52. The zero-order valence-corrected chi connectivity index (χ0v) is 29.0. The highest BCUT2D eigenvalue weighted by molar-refractivity contribution is 7.90. The van der Waals surface area contributed by atoms with Crippen LogP contribution in [0.3, 0.4) is 0 Å². The number of piperazine rings is 1. The second-order valence-electron chi connectivity index (χ2n) is 12.2. The molecule has 1 fully saturated rings. The van der Waals surface area contributed by atoms with Crippen LogP contribution in [-0.2, 0) is 21.1 Å². The van der Waals surface area contributed by atoms with Crippen molar-refractivity contribution in [2.75, 3.05) is 64.5 Å². The summed E-state index contributed by atoms with van der Waals surface area (Å²) in [5, 5.41) is 6.25. The van der Waals surface area contributed by atoms with Crippen molar-refractivity contribution in [3.8, 4) is 0 Å². The maximum atomic E-state index is 14.0. The van der Waals surface area contributed by atoms with Crippen LogP contribution in [0.1, 0.15) is 26.5 Å². The molecular formula is C35H38ClN5O7S. The van der Waals surface area contributed by atoms with Crippen molar-refractivity contribution < 1.29 is 27.2 Å². The lowest BCUT2D eigenvalue weighted by molar-refractivity contribution is -0.133. The third kappa shape index (κ3) is 8.85. The maximum absolute atomic E-state index is 14.0. The van der Waals surface area contributed by atoms with Gasteiger partial charge in [0.05, 0.1) is 15.8 Å². The Balaban J connectivity index is 1.33. The van der Waals surface area contributed by atoms with E-state index in [2.05, 4.69) is 15.5 Å². The van der Waals surface area contributed by atoms with E-state index in [1.54, 1.807) is 35.2 Å². The Morgan fingerprint density at radius 3 is 2.31 bits per heavy atom. The van der Waals surface area contributed by atoms with Gasteiger partial charge < -0.3 is 29.8 Å². The Hall–Kier alpha value is -4.72. The number of anilines is 1. The molecule has 49 heavy (non-hydrogen) atoms. The second kappa shape index (κ2) is 15.2. The lowest BCUT2D eigenvalue weighted by atomic mass is 10.0. The molecule has 1 aliphatic rings. The van der Waals surface area contributed by atoms with E-state index in [0.717, 1.165) is 23.6 Å². The predicted octanol–water partition coefficient (Wildman–Crippen LogP) is 2.83. The number of nitrogens with one attached hydrogen (secondary N) is 2. The SMILES string of the molecule is CN(C)CCNC(=O)c1ccccc1N1CCN(C(=O)[C@@H](Cc2ccc(Cl)cc2)NC(=O)c2cc(=O)c3cc(S(C)(=O)=O)ccc3o2)CC1. The van der Waals surface area contributed by atoms with E-state index >= 15 is 0 Å². The van der Waals surface area contributed by atoms with Gasteiger partial charge in [-0.25, -0.2) is 8.42 Å². The highest BCUT2D eigenvalue weighted by Gasteiger charge is 2.31. The first-order valence-corrected chi connectivity index (χ1v) is 18.0. The second-order valence-corrected chi connectivity index (χ2v) is 14.6. The van der Waals surface area contributed by atoms with Gasteiger partial charge in [0, 0.05) is 68.7 Å². The molecule has 14 heteroatoms. The van der Waals surface area contributed by atoms with Crippen LogP contribution in [0.15, 0.2) is 86.9 Å². The van der Waals surface area contributed by atoms with Gasteiger partial charge in [0.25, 0.3) is 11.8 Å². The number of carbonyl (C=O) groups excluding carboxylic acids is 3. The molecule has 0 unspecified atom stereocenters. The Morgan fingerprint density at radius 2 is 1.63 bits per heavy atom. The van der Waals surface area contributed by atoms with Crippen molar-refractivity contribution in [1.82, 2.24) is 20.4 Å². The number of carbonyl (C=O) groups is 3. The van der Waals surface area contributed by atoms with Gasteiger partial charge in [-0.3, -0.25) is 19.2 Å². The molecule has 1 saturated heterocycles. The van der Waals surface area contributed by atoms with Gasteiger partial charge >= 0.3 is 0 Å². The summed E-state index contributed by atoms with van der Waals surface area (Å²) in [7, 11) is 0.304. The molecule has 1 aromatic heterocycles. The first-order valence-electron chi connectivity index (χ1n) is 15.7. The average Bonchev–Trinajstić information content (AvgIpc) is 3.07. The number of rotatable bonds is 11. The summed E-state index contributed by atoms with van der Waals surface area (Å²) in [6, 6.07) is 18.1. The van der Waals surface area contributed by atoms with E-state index < -0.39 is 27.2 Å². The lowest BCUT2D eigenvalue weighted by Gasteiger charge is -2.38. The van der Waals surface area contributed by atoms with Gasteiger partial charge in [0.15, 0.2) is 21.0 Å². The predicted molar refractivity (Wildman–Crippen MR) is 188 cm³/mol. The highest BCUT2D eigenvalue weighted by Crippen LogP contribution is 2.23. The third-order valence-corrected chi connectivity index (χ3v) is 9.59. The molecule has 258 valence electrons. The number of likely N-dealkylation sites (N-methyl/N-ethyl adjacent to an activating group) is 1. The quantitative estimate of drug-likeness (QED) is 0.240. The first kappa shape index (κ1) is 35.6. The topological polar surface area (TPSA) is 149 Å². The van der Waals surface area contributed by atoms with E-state index in [1.807, 2.05) is 37.2 Å².